The summed E-state index contributed by atoms with van der Waals surface area (Å²) in [6.45, 7) is 5.09. The third kappa shape index (κ3) is 3.33. The van der Waals surface area contributed by atoms with Crippen LogP contribution in [0, 0.1) is 5.92 Å². The van der Waals surface area contributed by atoms with Gasteiger partial charge in [-0.2, -0.15) is 0 Å². The molecule has 0 bridgehead atoms. The zero-order chi connectivity index (χ0) is 13.1. The number of piperidine rings is 1. The van der Waals surface area contributed by atoms with Crippen molar-refractivity contribution in [3.8, 4) is 0 Å². The van der Waals surface area contributed by atoms with Gasteiger partial charge in [0.05, 0.1) is 0 Å². The van der Waals surface area contributed by atoms with Gasteiger partial charge in [0, 0.05) is 24.7 Å². The predicted octanol–water partition coefficient (Wildman–Crippen LogP) is 3.56. The van der Waals surface area contributed by atoms with Gasteiger partial charge in [0.15, 0.2) is 0 Å². The zero-order valence-corrected chi connectivity index (χ0v) is 12.7. The molecule has 3 aliphatic rings. The maximum Gasteiger partial charge on any atom is 0.0249 e. The Kier molecular flexibility index (Phi) is 4.81. The van der Waals surface area contributed by atoms with E-state index in [-0.39, 0.29) is 0 Å². The third-order valence-electron chi connectivity index (χ3n) is 5.97. The van der Waals surface area contributed by atoms with E-state index < -0.39 is 0 Å². The standard InChI is InChI=1S/C17H32N2/c1-2-14-6-5-7-15(10-9-14)18-16-11-13-19-12-4-3-8-17(16)19/h14-18H,2-13H2,1H3. The Morgan fingerprint density at radius 2 is 1.84 bits per heavy atom. The summed E-state index contributed by atoms with van der Waals surface area (Å²) in [5.74, 6) is 1.02. The lowest BCUT2D eigenvalue weighted by atomic mass is 9.96. The second-order valence-corrected chi connectivity index (χ2v) is 7.14. The lowest BCUT2D eigenvalue weighted by molar-refractivity contribution is 0.175. The fraction of sp³-hybridized carbons (Fsp3) is 1.00. The van der Waals surface area contributed by atoms with Crippen molar-refractivity contribution in [2.75, 3.05) is 13.1 Å². The first-order valence-electron chi connectivity index (χ1n) is 8.87. The Morgan fingerprint density at radius 3 is 2.74 bits per heavy atom. The second-order valence-electron chi connectivity index (χ2n) is 7.14. The molecule has 2 heteroatoms. The van der Waals surface area contributed by atoms with E-state index in [4.69, 9.17) is 0 Å². The SMILES string of the molecule is CCC1CCCC(NC2CCN3CCCCC23)CC1. The van der Waals surface area contributed by atoms with Crippen LogP contribution >= 0.6 is 0 Å². The molecule has 3 rings (SSSR count). The Morgan fingerprint density at radius 1 is 0.895 bits per heavy atom. The molecule has 3 fully saturated rings. The Balaban J connectivity index is 1.50. The van der Waals surface area contributed by atoms with Crippen LogP contribution in [0.3, 0.4) is 0 Å². The number of fused-ring (bicyclic) bond motifs is 1. The van der Waals surface area contributed by atoms with Crippen molar-refractivity contribution >= 4 is 0 Å². The van der Waals surface area contributed by atoms with E-state index in [1.165, 1.54) is 77.3 Å². The molecule has 0 radical (unpaired) electrons. The van der Waals surface area contributed by atoms with Crippen LogP contribution in [0.5, 0.6) is 0 Å². The molecule has 2 saturated heterocycles. The minimum absolute atomic E-state index is 0.809. The van der Waals surface area contributed by atoms with Crippen molar-refractivity contribution in [3.05, 3.63) is 0 Å². The average Bonchev–Trinajstić information content (AvgIpc) is 2.71. The molecule has 110 valence electrons. The van der Waals surface area contributed by atoms with Crippen LogP contribution in [0.2, 0.25) is 0 Å². The highest BCUT2D eigenvalue weighted by Gasteiger charge is 2.36. The van der Waals surface area contributed by atoms with E-state index in [2.05, 4.69) is 17.1 Å². The van der Waals surface area contributed by atoms with Gasteiger partial charge in [0.1, 0.15) is 0 Å². The molecule has 2 heterocycles. The highest BCUT2D eigenvalue weighted by atomic mass is 15.2. The van der Waals surface area contributed by atoms with Gasteiger partial charge < -0.3 is 5.32 Å². The van der Waals surface area contributed by atoms with E-state index in [0.29, 0.717) is 0 Å². The smallest absolute Gasteiger partial charge is 0.0249 e. The van der Waals surface area contributed by atoms with Gasteiger partial charge in [-0.15, -0.1) is 0 Å². The summed E-state index contributed by atoms with van der Waals surface area (Å²) in [6.07, 6.45) is 14.4. The minimum atomic E-state index is 0.809. The number of hydrogen-bond donors (Lipinski definition) is 1. The van der Waals surface area contributed by atoms with Crippen molar-refractivity contribution < 1.29 is 0 Å². The van der Waals surface area contributed by atoms with E-state index in [1.807, 2.05) is 0 Å². The second kappa shape index (κ2) is 6.58. The molecule has 0 aromatic rings. The molecule has 2 nitrogen and oxygen atoms in total. The molecule has 1 aliphatic carbocycles. The molecular formula is C17H32N2. The molecule has 19 heavy (non-hydrogen) atoms. The number of rotatable bonds is 3. The van der Waals surface area contributed by atoms with Gasteiger partial charge in [-0.1, -0.05) is 32.6 Å². The van der Waals surface area contributed by atoms with E-state index in [0.717, 1.165) is 24.0 Å². The average molecular weight is 264 g/mol. The largest absolute Gasteiger partial charge is 0.310 e. The van der Waals surface area contributed by atoms with Crippen LogP contribution in [0.15, 0.2) is 0 Å². The third-order valence-corrected chi connectivity index (χ3v) is 5.97. The summed E-state index contributed by atoms with van der Waals surface area (Å²) in [5, 5.41) is 4.06. The van der Waals surface area contributed by atoms with E-state index >= 15 is 0 Å². The summed E-state index contributed by atoms with van der Waals surface area (Å²) in [7, 11) is 0. The topological polar surface area (TPSA) is 15.3 Å². The van der Waals surface area contributed by atoms with Gasteiger partial charge in [-0.3, -0.25) is 4.90 Å². The van der Waals surface area contributed by atoms with Crippen LogP contribution in [-0.2, 0) is 0 Å². The number of nitrogens with zero attached hydrogens (tertiary/aromatic N) is 1. The summed E-state index contributed by atoms with van der Waals surface area (Å²) < 4.78 is 0. The molecule has 0 amide bonds. The highest BCUT2D eigenvalue weighted by Crippen LogP contribution is 2.30. The molecular weight excluding hydrogens is 232 g/mol. The van der Waals surface area contributed by atoms with Gasteiger partial charge in [-0.25, -0.2) is 0 Å². The van der Waals surface area contributed by atoms with E-state index in [9.17, 15) is 0 Å². The van der Waals surface area contributed by atoms with Crippen molar-refractivity contribution in [2.45, 2.75) is 89.3 Å². The fourth-order valence-corrected chi connectivity index (χ4v) is 4.70. The van der Waals surface area contributed by atoms with Crippen molar-refractivity contribution in [2.24, 2.45) is 5.92 Å². The normalized spacial score (nSPS) is 40.9. The van der Waals surface area contributed by atoms with Crippen LogP contribution in [0.1, 0.15) is 71.1 Å². The molecule has 0 aromatic carbocycles. The van der Waals surface area contributed by atoms with Crippen LogP contribution < -0.4 is 5.32 Å². The van der Waals surface area contributed by atoms with Gasteiger partial charge in [-0.05, 0) is 51.0 Å². The summed E-state index contributed by atoms with van der Waals surface area (Å²) in [6, 6.07) is 2.51. The first-order valence-corrected chi connectivity index (χ1v) is 8.87. The molecule has 1 N–H and O–H groups in total. The monoisotopic (exact) mass is 264 g/mol. The van der Waals surface area contributed by atoms with Crippen LogP contribution in [0.4, 0.5) is 0 Å². The van der Waals surface area contributed by atoms with Gasteiger partial charge >= 0.3 is 0 Å². The minimum Gasteiger partial charge on any atom is -0.310 e. The summed E-state index contributed by atoms with van der Waals surface area (Å²) in [4.78, 5) is 2.76. The summed E-state index contributed by atoms with van der Waals surface area (Å²) >= 11 is 0. The Labute approximate surface area is 119 Å². The Bertz CT molecular complexity index is 278. The van der Waals surface area contributed by atoms with Crippen LogP contribution in [-0.4, -0.2) is 36.1 Å². The fourth-order valence-electron chi connectivity index (χ4n) is 4.70. The van der Waals surface area contributed by atoms with E-state index in [1.54, 1.807) is 0 Å². The quantitative estimate of drug-likeness (QED) is 0.784. The number of hydrogen-bond acceptors (Lipinski definition) is 2. The number of nitrogens with one attached hydrogen (secondary N) is 1. The molecule has 2 aliphatic heterocycles. The highest BCUT2D eigenvalue weighted by molar-refractivity contribution is 4.95. The first kappa shape index (κ1) is 13.9. The summed E-state index contributed by atoms with van der Waals surface area (Å²) in [5.41, 5.74) is 0. The van der Waals surface area contributed by atoms with Gasteiger partial charge in [0.25, 0.3) is 0 Å². The molecule has 4 atom stereocenters. The lowest BCUT2D eigenvalue weighted by Crippen LogP contribution is -2.48. The molecule has 4 unspecified atom stereocenters. The maximum absolute atomic E-state index is 4.06. The van der Waals surface area contributed by atoms with Crippen molar-refractivity contribution in [1.82, 2.24) is 10.2 Å². The zero-order valence-electron chi connectivity index (χ0n) is 12.7. The van der Waals surface area contributed by atoms with Gasteiger partial charge in [0.2, 0.25) is 0 Å². The predicted molar refractivity (Wildman–Crippen MR) is 81.4 cm³/mol. The van der Waals surface area contributed by atoms with Crippen molar-refractivity contribution in [1.29, 1.82) is 0 Å². The van der Waals surface area contributed by atoms with Crippen molar-refractivity contribution in [3.63, 3.8) is 0 Å². The molecule has 0 spiro atoms. The maximum atomic E-state index is 4.06. The molecule has 0 aromatic heterocycles. The molecule has 1 saturated carbocycles. The van der Waals surface area contributed by atoms with Crippen LogP contribution in [0.25, 0.3) is 0 Å². The lowest BCUT2D eigenvalue weighted by Gasteiger charge is -2.34. The first-order chi connectivity index (χ1) is 9.36. The Hall–Kier alpha value is -0.0800.